The fourth-order valence-corrected chi connectivity index (χ4v) is 4.60. The first-order valence-corrected chi connectivity index (χ1v) is 8.66. The van der Waals surface area contributed by atoms with E-state index in [1.165, 1.54) is 16.7 Å². The van der Waals surface area contributed by atoms with Crippen LogP contribution in [-0.4, -0.2) is 0 Å². The minimum atomic E-state index is -0.0790. The van der Waals surface area contributed by atoms with E-state index in [0.717, 1.165) is 6.42 Å². The average molecular weight is 428 g/mol. The van der Waals surface area contributed by atoms with Crippen LogP contribution >= 0.6 is 0 Å². The molecule has 2 aromatic carbocycles. The average Bonchev–Trinajstić information content (AvgIpc) is 2.98. The van der Waals surface area contributed by atoms with Gasteiger partial charge >= 0.3 is 145 Å². The molecule has 1 aliphatic rings. The first kappa shape index (κ1) is 24.5. The van der Waals surface area contributed by atoms with E-state index in [1.54, 1.807) is 0 Å². The van der Waals surface area contributed by atoms with Crippen LogP contribution in [0.15, 0.2) is 84.5 Å². The second-order valence-corrected chi connectivity index (χ2v) is 7.30. The molecule has 25 heavy (non-hydrogen) atoms. The smallest absolute Gasteiger partial charge is 1.00 e. The third-order valence-electron chi connectivity index (χ3n) is 5.02. The molecule has 0 N–H and O–H groups in total. The maximum absolute atomic E-state index is 2.39. The second kappa shape index (κ2) is 10.00. The number of benzene rings is 2. The Morgan fingerprint density at radius 3 is 1.68 bits per heavy atom. The molecule has 0 radical (unpaired) electrons. The molecule has 1 atom stereocenters. The Morgan fingerprint density at radius 1 is 0.840 bits per heavy atom. The molecule has 1 unspecified atom stereocenters. The van der Waals surface area contributed by atoms with Crippen molar-refractivity contribution >= 4 is 0 Å². The molecule has 0 bridgehead atoms. The zero-order valence-corrected chi connectivity index (χ0v) is 18.2. The van der Waals surface area contributed by atoms with Crippen LogP contribution in [0.25, 0.3) is 0 Å². The third-order valence-corrected chi connectivity index (χ3v) is 6.56. The molecular formula is C21H21Cl3Ti. The van der Waals surface area contributed by atoms with E-state index in [-0.39, 0.29) is 46.4 Å². The molecule has 130 valence electrons. The van der Waals surface area contributed by atoms with Gasteiger partial charge in [0.2, 0.25) is 0 Å². The van der Waals surface area contributed by atoms with Gasteiger partial charge in [-0.05, 0) is 0 Å². The van der Waals surface area contributed by atoms with Crippen LogP contribution in [0.1, 0.15) is 31.4 Å². The summed E-state index contributed by atoms with van der Waals surface area (Å²) in [5.74, 6) is 0. The van der Waals surface area contributed by atoms with Crippen molar-refractivity contribution in [3.63, 3.8) is 0 Å². The summed E-state index contributed by atoms with van der Waals surface area (Å²) in [4.78, 5) is 0. The molecule has 0 aliphatic heterocycles. The van der Waals surface area contributed by atoms with E-state index >= 15 is 0 Å². The summed E-state index contributed by atoms with van der Waals surface area (Å²) in [5.41, 5.74) is 4.16. The Balaban J connectivity index is 0.00000192. The molecule has 2 aromatic rings. The number of hydrogen-bond donors (Lipinski definition) is 0. The molecule has 3 rings (SSSR count). The Morgan fingerprint density at radius 2 is 1.28 bits per heavy atom. The van der Waals surface area contributed by atoms with Gasteiger partial charge in [-0.1, -0.05) is 0 Å². The number of rotatable bonds is 4. The maximum atomic E-state index is 2.39. The van der Waals surface area contributed by atoms with Crippen LogP contribution in [0.4, 0.5) is 0 Å². The largest absolute Gasteiger partial charge is 1.00 e. The van der Waals surface area contributed by atoms with Crippen molar-refractivity contribution in [2.24, 2.45) is 0 Å². The SMILES string of the molecule is CCC1=CC=C[C]1([Ti+3])C(C)(c1ccccc1)c1ccccc1.[Cl-].[Cl-].[Cl-]. The summed E-state index contributed by atoms with van der Waals surface area (Å²) in [6.07, 6.45) is 7.98. The zero-order chi connectivity index (χ0) is 15.6. The Bertz CT molecular complexity index is 671. The predicted molar refractivity (Wildman–Crippen MR) is 89.5 cm³/mol. The fourth-order valence-electron chi connectivity index (χ4n) is 3.60. The van der Waals surface area contributed by atoms with E-state index in [0.29, 0.717) is 0 Å². The molecule has 0 nitrogen and oxygen atoms in total. The maximum Gasteiger partial charge on any atom is -1.00 e. The van der Waals surface area contributed by atoms with E-state index in [2.05, 4.69) is 113 Å². The van der Waals surface area contributed by atoms with Gasteiger partial charge < -0.3 is 37.2 Å². The summed E-state index contributed by atoms with van der Waals surface area (Å²) in [7, 11) is 0. The number of hydrogen-bond acceptors (Lipinski definition) is 0. The monoisotopic (exact) mass is 426 g/mol. The van der Waals surface area contributed by atoms with Crippen LogP contribution in [0.2, 0.25) is 3.72 Å². The number of halogens is 3. The standard InChI is InChI=1S/C21H21.3ClH.Ti/c1-3-17-11-10-16-20(17)21(2,18-12-6-4-7-13-18)19-14-8-5-9-15-19;;;;/h4-16H,3H2,1-2H3;3*1H;/q;;;;+3/p-3. The first-order chi connectivity index (χ1) is 10.6. The molecule has 1 aliphatic carbocycles. The van der Waals surface area contributed by atoms with Crippen LogP contribution in [0.5, 0.6) is 0 Å². The molecule has 0 aromatic heterocycles. The van der Waals surface area contributed by atoms with Gasteiger partial charge in [-0.2, -0.15) is 0 Å². The second-order valence-electron chi connectivity index (χ2n) is 6.07. The molecule has 4 heteroatoms. The summed E-state index contributed by atoms with van der Waals surface area (Å²) in [6.45, 7) is 4.64. The van der Waals surface area contributed by atoms with Gasteiger partial charge in [0.1, 0.15) is 0 Å². The van der Waals surface area contributed by atoms with E-state index < -0.39 is 0 Å². The topological polar surface area (TPSA) is 0 Å². The summed E-state index contributed by atoms with van der Waals surface area (Å²) < 4.78 is 0.00442. The quantitative estimate of drug-likeness (QED) is 0.447. The molecule has 0 saturated carbocycles. The van der Waals surface area contributed by atoms with Gasteiger partial charge in [-0.25, -0.2) is 0 Å². The fraction of sp³-hybridized carbons (Fsp3) is 0.238. The van der Waals surface area contributed by atoms with Gasteiger partial charge in [0.15, 0.2) is 0 Å². The van der Waals surface area contributed by atoms with E-state index in [4.69, 9.17) is 0 Å². The zero-order valence-electron chi connectivity index (χ0n) is 14.3. The van der Waals surface area contributed by atoms with Crippen LogP contribution in [-0.2, 0) is 25.9 Å². The van der Waals surface area contributed by atoms with Crippen molar-refractivity contribution in [2.45, 2.75) is 29.4 Å². The van der Waals surface area contributed by atoms with Crippen LogP contribution in [0.3, 0.4) is 0 Å². The minimum Gasteiger partial charge on any atom is -1.00 e. The van der Waals surface area contributed by atoms with Gasteiger partial charge in [0.25, 0.3) is 0 Å². The molecule has 0 fully saturated rings. The predicted octanol–water partition coefficient (Wildman–Crippen LogP) is -3.38. The van der Waals surface area contributed by atoms with Gasteiger partial charge in [0, 0.05) is 0 Å². The molecule has 0 spiro atoms. The van der Waals surface area contributed by atoms with Crippen LogP contribution < -0.4 is 37.2 Å². The van der Waals surface area contributed by atoms with Gasteiger partial charge in [-0.15, -0.1) is 0 Å². The van der Waals surface area contributed by atoms with Crippen molar-refractivity contribution in [1.82, 2.24) is 0 Å². The van der Waals surface area contributed by atoms with Crippen molar-refractivity contribution < 1.29 is 57.7 Å². The Hall–Kier alpha value is -0.496. The number of allylic oxidation sites excluding steroid dienone is 4. The summed E-state index contributed by atoms with van der Waals surface area (Å²) >= 11 is 2.38. The van der Waals surface area contributed by atoms with E-state index in [1.807, 2.05) is 0 Å². The van der Waals surface area contributed by atoms with Crippen molar-refractivity contribution in [3.05, 3.63) is 95.6 Å². The van der Waals surface area contributed by atoms with Crippen molar-refractivity contribution in [3.8, 4) is 0 Å². The van der Waals surface area contributed by atoms with E-state index in [9.17, 15) is 0 Å². The van der Waals surface area contributed by atoms with Crippen LogP contribution in [0, 0.1) is 0 Å². The minimum absolute atomic E-state index is 0. The first-order valence-electron chi connectivity index (χ1n) is 7.88. The molecule has 0 amide bonds. The Kier molecular flexibility index (Phi) is 9.80. The summed E-state index contributed by atoms with van der Waals surface area (Å²) in [5, 5.41) is 0. The normalized spacial score (nSPS) is 18.5. The summed E-state index contributed by atoms with van der Waals surface area (Å²) in [6, 6.07) is 21.8. The third kappa shape index (κ3) is 4.10. The van der Waals surface area contributed by atoms with Crippen molar-refractivity contribution in [2.75, 3.05) is 0 Å². The van der Waals surface area contributed by atoms with Crippen molar-refractivity contribution in [1.29, 1.82) is 0 Å². The van der Waals surface area contributed by atoms with Gasteiger partial charge in [0.05, 0.1) is 0 Å². The van der Waals surface area contributed by atoms with Gasteiger partial charge in [-0.3, -0.25) is 0 Å². The molecule has 0 heterocycles. The molecule has 0 saturated heterocycles. The Labute approximate surface area is 181 Å². The molecular weight excluding hydrogens is 406 g/mol.